The van der Waals surface area contributed by atoms with E-state index in [0.717, 1.165) is 5.56 Å². The van der Waals surface area contributed by atoms with Crippen LogP contribution in [0, 0.1) is 0 Å². The molecular formula is C16H9Cl2N3OS2. The molecule has 120 valence electrons. The van der Waals surface area contributed by atoms with Gasteiger partial charge in [-0.05, 0) is 42.1 Å². The molecule has 0 unspecified atom stereocenters. The molecule has 8 heteroatoms. The van der Waals surface area contributed by atoms with Gasteiger partial charge in [-0.2, -0.15) is 10.1 Å². The van der Waals surface area contributed by atoms with Crippen LogP contribution in [0.2, 0.25) is 10.0 Å². The SMILES string of the molecule is O=C1C(=Cc2cccnc2)SC(=S)N1N=Cc1ccc(Cl)cc1Cl. The number of rotatable bonds is 3. The van der Waals surface area contributed by atoms with E-state index in [4.69, 9.17) is 35.4 Å². The van der Waals surface area contributed by atoms with Crippen molar-refractivity contribution in [2.75, 3.05) is 0 Å². The summed E-state index contributed by atoms with van der Waals surface area (Å²) in [6, 6.07) is 8.68. The zero-order valence-electron chi connectivity index (χ0n) is 12.0. The zero-order chi connectivity index (χ0) is 17.1. The monoisotopic (exact) mass is 393 g/mol. The fraction of sp³-hybridized carbons (Fsp3) is 0. The van der Waals surface area contributed by atoms with E-state index >= 15 is 0 Å². The van der Waals surface area contributed by atoms with Crippen LogP contribution in [-0.2, 0) is 4.79 Å². The molecule has 1 amide bonds. The first-order chi connectivity index (χ1) is 11.5. The fourth-order valence-corrected chi connectivity index (χ4v) is 3.53. The topological polar surface area (TPSA) is 45.6 Å². The van der Waals surface area contributed by atoms with E-state index in [2.05, 4.69) is 10.1 Å². The van der Waals surface area contributed by atoms with Crippen molar-refractivity contribution in [3.63, 3.8) is 0 Å². The van der Waals surface area contributed by atoms with Crippen molar-refractivity contribution in [2.24, 2.45) is 5.10 Å². The molecule has 1 fully saturated rings. The van der Waals surface area contributed by atoms with Gasteiger partial charge in [0.05, 0.1) is 16.1 Å². The van der Waals surface area contributed by atoms with E-state index < -0.39 is 0 Å². The van der Waals surface area contributed by atoms with Crippen LogP contribution in [0.1, 0.15) is 11.1 Å². The Morgan fingerprint density at radius 2 is 2.12 bits per heavy atom. The summed E-state index contributed by atoms with van der Waals surface area (Å²) < 4.78 is 0.358. The van der Waals surface area contributed by atoms with Crippen LogP contribution < -0.4 is 0 Å². The molecule has 24 heavy (non-hydrogen) atoms. The van der Waals surface area contributed by atoms with Crippen molar-refractivity contribution < 1.29 is 4.79 Å². The lowest BCUT2D eigenvalue weighted by Crippen LogP contribution is -2.22. The minimum Gasteiger partial charge on any atom is -0.266 e. The number of carbonyl (C=O) groups excluding carboxylic acids is 1. The smallest absolute Gasteiger partial charge is 0.266 e. The number of amides is 1. The largest absolute Gasteiger partial charge is 0.286 e. The third-order valence-corrected chi connectivity index (χ3v) is 4.88. The van der Waals surface area contributed by atoms with Gasteiger partial charge in [0.25, 0.3) is 5.91 Å². The van der Waals surface area contributed by atoms with Crippen LogP contribution in [0.4, 0.5) is 0 Å². The van der Waals surface area contributed by atoms with Gasteiger partial charge >= 0.3 is 0 Å². The molecule has 0 spiro atoms. The predicted molar refractivity (Wildman–Crippen MR) is 103 cm³/mol. The molecule has 1 aromatic heterocycles. The zero-order valence-corrected chi connectivity index (χ0v) is 15.2. The maximum absolute atomic E-state index is 12.4. The number of thioether (sulfide) groups is 1. The number of thiocarbonyl (C=S) groups is 1. The minimum absolute atomic E-state index is 0.282. The Morgan fingerprint density at radius 1 is 1.29 bits per heavy atom. The Bertz CT molecular complexity index is 869. The molecule has 1 saturated heterocycles. The number of hydrazone groups is 1. The second-order valence-corrected chi connectivity index (χ2v) is 7.21. The average Bonchev–Trinajstić information content (AvgIpc) is 2.82. The molecule has 0 saturated carbocycles. The lowest BCUT2D eigenvalue weighted by atomic mass is 10.2. The van der Waals surface area contributed by atoms with E-state index in [1.165, 1.54) is 23.0 Å². The second-order valence-electron chi connectivity index (χ2n) is 4.69. The highest BCUT2D eigenvalue weighted by molar-refractivity contribution is 8.26. The van der Waals surface area contributed by atoms with E-state index in [0.29, 0.717) is 24.8 Å². The molecule has 1 aromatic carbocycles. The summed E-state index contributed by atoms with van der Waals surface area (Å²) in [5.41, 5.74) is 1.47. The first kappa shape index (κ1) is 17.1. The number of aromatic nitrogens is 1. The Morgan fingerprint density at radius 3 is 2.83 bits per heavy atom. The van der Waals surface area contributed by atoms with Gasteiger partial charge in [-0.1, -0.05) is 47.1 Å². The van der Waals surface area contributed by atoms with Gasteiger partial charge in [-0.3, -0.25) is 9.78 Å². The molecule has 0 radical (unpaired) electrons. The van der Waals surface area contributed by atoms with Crippen molar-refractivity contribution in [1.82, 2.24) is 9.99 Å². The highest BCUT2D eigenvalue weighted by Crippen LogP contribution is 2.32. The van der Waals surface area contributed by atoms with Gasteiger partial charge < -0.3 is 0 Å². The number of hydrogen-bond donors (Lipinski definition) is 0. The van der Waals surface area contributed by atoms with Gasteiger partial charge in [0, 0.05) is 23.0 Å². The average molecular weight is 394 g/mol. The number of carbonyl (C=O) groups is 1. The summed E-state index contributed by atoms with van der Waals surface area (Å²) in [5, 5.41) is 6.30. The molecule has 2 heterocycles. The van der Waals surface area contributed by atoms with Crippen molar-refractivity contribution in [1.29, 1.82) is 0 Å². The normalized spacial score (nSPS) is 16.6. The van der Waals surface area contributed by atoms with E-state index in [-0.39, 0.29) is 5.91 Å². The maximum atomic E-state index is 12.4. The summed E-state index contributed by atoms with van der Waals surface area (Å²) >= 11 is 18.4. The molecule has 0 bridgehead atoms. The number of benzene rings is 1. The van der Waals surface area contributed by atoms with Crippen molar-refractivity contribution in [3.05, 3.63) is 68.8 Å². The molecular weight excluding hydrogens is 385 g/mol. The standard InChI is InChI=1S/C16H9Cl2N3OS2/c17-12-4-3-11(13(18)7-12)9-20-21-15(22)14(24-16(21)23)6-10-2-1-5-19-8-10/h1-9H. The van der Waals surface area contributed by atoms with Crippen LogP contribution in [0.3, 0.4) is 0 Å². The molecule has 1 aliphatic rings. The predicted octanol–water partition coefficient (Wildman–Crippen LogP) is 4.62. The Hall–Kier alpha value is -1.73. The van der Waals surface area contributed by atoms with Gasteiger partial charge in [0.1, 0.15) is 0 Å². The van der Waals surface area contributed by atoms with Crippen LogP contribution in [0.15, 0.2) is 52.7 Å². The number of halogens is 2. The molecule has 4 nitrogen and oxygen atoms in total. The van der Waals surface area contributed by atoms with Gasteiger partial charge in [-0.15, -0.1) is 0 Å². The van der Waals surface area contributed by atoms with Gasteiger partial charge in [0.2, 0.25) is 0 Å². The Kier molecular flexibility index (Phi) is 5.30. The summed E-state index contributed by atoms with van der Waals surface area (Å²) in [5.74, 6) is -0.282. The van der Waals surface area contributed by atoms with Crippen molar-refractivity contribution in [2.45, 2.75) is 0 Å². The van der Waals surface area contributed by atoms with Crippen LogP contribution in [0.25, 0.3) is 6.08 Å². The van der Waals surface area contributed by atoms with Crippen LogP contribution >= 0.6 is 47.2 Å². The van der Waals surface area contributed by atoms with Crippen LogP contribution in [0.5, 0.6) is 0 Å². The van der Waals surface area contributed by atoms with Gasteiger partial charge in [0.15, 0.2) is 4.32 Å². The Balaban J connectivity index is 1.82. The summed E-state index contributed by atoms with van der Waals surface area (Å²) in [6.07, 6.45) is 6.56. The molecule has 1 aliphatic heterocycles. The van der Waals surface area contributed by atoms with Crippen molar-refractivity contribution >= 4 is 69.7 Å². The maximum Gasteiger partial charge on any atom is 0.286 e. The summed E-state index contributed by atoms with van der Waals surface area (Å²) in [7, 11) is 0. The van der Waals surface area contributed by atoms with E-state index in [1.807, 2.05) is 6.07 Å². The molecule has 3 rings (SSSR count). The Labute approximate surface area is 158 Å². The van der Waals surface area contributed by atoms with Crippen molar-refractivity contribution in [3.8, 4) is 0 Å². The highest BCUT2D eigenvalue weighted by atomic mass is 35.5. The third-order valence-electron chi connectivity index (χ3n) is 3.03. The first-order valence-corrected chi connectivity index (χ1v) is 8.70. The first-order valence-electron chi connectivity index (χ1n) is 6.71. The lowest BCUT2D eigenvalue weighted by Gasteiger charge is -2.06. The number of nitrogens with zero attached hydrogens (tertiary/aromatic N) is 3. The number of hydrogen-bond acceptors (Lipinski definition) is 5. The molecule has 0 aliphatic carbocycles. The molecule has 2 aromatic rings. The molecule has 0 atom stereocenters. The fourth-order valence-electron chi connectivity index (χ4n) is 1.90. The van der Waals surface area contributed by atoms with Gasteiger partial charge in [-0.25, -0.2) is 0 Å². The highest BCUT2D eigenvalue weighted by Gasteiger charge is 2.32. The quantitative estimate of drug-likeness (QED) is 0.433. The second kappa shape index (κ2) is 7.44. The van der Waals surface area contributed by atoms with E-state index in [1.54, 1.807) is 42.7 Å². The summed E-state index contributed by atoms with van der Waals surface area (Å²) in [6.45, 7) is 0. The number of pyridine rings is 1. The minimum atomic E-state index is -0.282. The third kappa shape index (κ3) is 3.84. The lowest BCUT2D eigenvalue weighted by molar-refractivity contribution is -0.122. The van der Waals surface area contributed by atoms with Crippen LogP contribution in [-0.4, -0.2) is 26.4 Å². The molecule has 0 N–H and O–H groups in total. The summed E-state index contributed by atoms with van der Waals surface area (Å²) in [4.78, 5) is 17.0. The van der Waals surface area contributed by atoms with E-state index in [9.17, 15) is 4.79 Å².